The Labute approximate surface area is 122 Å². The van der Waals surface area contributed by atoms with Crippen molar-refractivity contribution in [1.29, 1.82) is 0 Å². The number of carbonyl (C=O) groups is 1. The second-order valence-electron chi connectivity index (χ2n) is 6.09. The standard InChI is InChI=1S/C15H16N2O3S/c18-15(11-2-1-10-3-4-16-14(10)5-11)17-6-12(7-17)13-8-21(19,20)9-13/h1-5,12-13,16H,6-9H2. The maximum atomic E-state index is 12.4. The highest BCUT2D eigenvalue weighted by molar-refractivity contribution is 7.92. The molecule has 4 rings (SSSR count). The molecule has 2 aromatic rings. The normalized spacial score (nSPS) is 22.0. The van der Waals surface area contributed by atoms with E-state index in [4.69, 9.17) is 0 Å². The van der Waals surface area contributed by atoms with Crippen LogP contribution >= 0.6 is 0 Å². The number of likely N-dealkylation sites (tertiary alicyclic amines) is 1. The number of aromatic nitrogens is 1. The van der Waals surface area contributed by atoms with Crippen molar-refractivity contribution in [2.24, 2.45) is 11.8 Å². The second kappa shape index (κ2) is 4.34. The minimum absolute atomic E-state index is 0.0323. The lowest BCUT2D eigenvalue weighted by Gasteiger charge is -2.46. The van der Waals surface area contributed by atoms with Crippen LogP contribution in [0.3, 0.4) is 0 Å². The smallest absolute Gasteiger partial charge is 0.253 e. The van der Waals surface area contributed by atoms with Gasteiger partial charge in [0, 0.05) is 30.4 Å². The number of nitrogens with zero attached hydrogens (tertiary/aromatic N) is 1. The Hall–Kier alpha value is -1.82. The van der Waals surface area contributed by atoms with Crippen LogP contribution in [0.25, 0.3) is 10.9 Å². The van der Waals surface area contributed by atoms with E-state index in [1.54, 1.807) is 4.90 Å². The molecule has 6 heteroatoms. The van der Waals surface area contributed by atoms with Crippen molar-refractivity contribution in [3.8, 4) is 0 Å². The maximum absolute atomic E-state index is 12.4. The minimum Gasteiger partial charge on any atom is -0.361 e. The van der Waals surface area contributed by atoms with Gasteiger partial charge in [-0.25, -0.2) is 8.42 Å². The van der Waals surface area contributed by atoms with E-state index in [0.29, 0.717) is 36.1 Å². The largest absolute Gasteiger partial charge is 0.361 e. The molecule has 0 radical (unpaired) electrons. The fourth-order valence-corrected chi connectivity index (χ4v) is 4.97. The Bertz CT molecular complexity index is 806. The molecule has 0 bridgehead atoms. The van der Waals surface area contributed by atoms with Gasteiger partial charge in [-0.15, -0.1) is 0 Å². The molecule has 0 spiro atoms. The Morgan fingerprint density at radius 1 is 1.14 bits per heavy atom. The second-order valence-corrected chi connectivity index (χ2v) is 8.24. The number of nitrogens with one attached hydrogen (secondary N) is 1. The van der Waals surface area contributed by atoms with Gasteiger partial charge in [-0.3, -0.25) is 4.79 Å². The van der Waals surface area contributed by atoms with Gasteiger partial charge in [0.05, 0.1) is 11.5 Å². The van der Waals surface area contributed by atoms with E-state index in [9.17, 15) is 13.2 Å². The molecule has 1 amide bonds. The lowest BCUT2D eigenvalue weighted by atomic mass is 9.87. The van der Waals surface area contributed by atoms with Crippen molar-refractivity contribution in [2.45, 2.75) is 0 Å². The van der Waals surface area contributed by atoms with Crippen molar-refractivity contribution in [3.05, 3.63) is 36.0 Å². The lowest BCUT2D eigenvalue weighted by molar-refractivity contribution is 0.0399. The van der Waals surface area contributed by atoms with E-state index in [0.717, 1.165) is 10.9 Å². The Morgan fingerprint density at radius 2 is 1.90 bits per heavy atom. The number of benzene rings is 1. The van der Waals surface area contributed by atoms with Gasteiger partial charge in [0.25, 0.3) is 5.91 Å². The van der Waals surface area contributed by atoms with Crippen molar-refractivity contribution in [3.63, 3.8) is 0 Å². The highest BCUT2D eigenvalue weighted by Gasteiger charge is 2.45. The van der Waals surface area contributed by atoms with Gasteiger partial charge in [-0.2, -0.15) is 0 Å². The van der Waals surface area contributed by atoms with Crippen LogP contribution in [0.4, 0.5) is 0 Å². The quantitative estimate of drug-likeness (QED) is 0.908. The van der Waals surface area contributed by atoms with Gasteiger partial charge in [0.1, 0.15) is 0 Å². The van der Waals surface area contributed by atoms with Crippen LogP contribution in [0.2, 0.25) is 0 Å². The van der Waals surface area contributed by atoms with E-state index in [-0.39, 0.29) is 11.8 Å². The van der Waals surface area contributed by atoms with E-state index < -0.39 is 9.84 Å². The first-order valence-electron chi connectivity index (χ1n) is 7.09. The fourth-order valence-electron chi connectivity index (χ4n) is 3.22. The van der Waals surface area contributed by atoms with Gasteiger partial charge in [-0.1, -0.05) is 6.07 Å². The number of H-pyrrole nitrogens is 1. The average Bonchev–Trinajstić information content (AvgIpc) is 2.81. The summed E-state index contributed by atoms with van der Waals surface area (Å²) >= 11 is 0. The molecule has 3 heterocycles. The Morgan fingerprint density at radius 3 is 2.62 bits per heavy atom. The van der Waals surface area contributed by atoms with Crippen LogP contribution in [0, 0.1) is 11.8 Å². The monoisotopic (exact) mass is 304 g/mol. The van der Waals surface area contributed by atoms with Crippen LogP contribution in [0.5, 0.6) is 0 Å². The maximum Gasteiger partial charge on any atom is 0.253 e. The fraction of sp³-hybridized carbons (Fsp3) is 0.400. The SMILES string of the molecule is O=C(c1ccc2cc[nH]c2c1)N1CC(C2CS(=O)(=O)C2)C1. The van der Waals surface area contributed by atoms with Gasteiger partial charge < -0.3 is 9.88 Å². The van der Waals surface area contributed by atoms with Crippen LogP contribution in [-0.2, 0) is 9.84 Å². The van der Waals surface area contributed by atoms with Crippen molar-refractivity contribution in [1.82, 2.24) is 9.88 Å². The predicted octanol–water partition coefficient (Wildman–Crippen LogP) is 1.28. The zero-order valence-corrected chi connectivity index (χ0v) is 12.3. The van der Waals surface area contributed by atoms with Gasteiger partial charge in [0.2, 0.25) is 0 Å². The van der Waals surface area contributed by atoms with E-state index in [2.05, 4.69) is 4.98 Å². The molecule has 2 saturated heterocycles. The first-order valence-corrected chi connectivity index (χ1v) is 8.91. The number of hydrogen-bond acceptors (Lipinski definition) is 3. The van der Waals surface area contributed by atoms with E-state index in [1.807, 2.05) is 30.5 Å². The third-order valence-electron chi connectivity index (χ3n) is 4.60. The van der Waals surface area contributed by atoms with E-state index in [1.165, 1.54) is 0 Å². The lowest BCUT2D eigenvalue weighted by Crippen LogP contribution is -2.57. The molecule has 21 heavy (non-hydrogen) atoms. The Kier molecular flexibility index (Phi) is 2.66. The van der Waals surface area contributed by atoms with Crippen molar-refractivity contribution >= 4 is 26.6 Å². The minimum atomic E-state index is -2.77. The van der Waals surface area contributed by atoms with Crippen LogP contribution in [0.1, 0.15) is 10.4 Å². The molecule has 0 aliphatic carbocycles. The number of hydrogen-bond donors (Lipinski definition) is 1. The molecular formula is C15H16N2O3S. The first-order chi connectivity index (χ1) is 10.0. The van der Waals surface area contributed by atoms with Gasteiger partial charge >= 0.3 is 0 Å². The number of sulfone groups is 1. The van der Waals surface area contributed by atoms with E-state index >= 15 is 0 Å². The molecule has 0 unspecified atom stereocenters. The molecule has 110 valence electrons. The predicted molar refractivity (Wildman–Crippen MR) is 79.8 cm³/mol. The number of aromatic amines is 1. The summed E-state index contributed by atoms with van der Waals surface area (Å²) in [4.78, 5) is 17.3. The molecule has 2 aliphatic heterocycles. The van der Waals surface area contributed by atoms with Gasteiger partial charge in [-0.05, 0) is 35.4 Å². The summed E-state index contributed by atoms with van der Waals surface area (Å²) in [5.74, 6) is 1.24. The zero-order chi connectivity index (χ0) is 14.6. The summed E-state index contributed by atoms with van der Waals surface area (Å²) in [7, 11) is -2.77. The molecule has 1 N–H and O–H groups in total. The Balaban J connectivity index is 1.42. The van der Waals surface area contributed by atoms with Crippen molar-refractivity contribution < 1.29 is 13.2 Å². The number of carbonyl (C=O) groups excluding carboxylic acids is 1. The van der Waals surface area contributed by atoms with Crippen molar-refractivity contribution in [2.75, 3.05) is 24.6 Å². The summed E-state index contributed by atoms with van der Waals surface area (Å²) in [5, 5.41) is 1.09. The molecule has 0 atom stereocenters. The number of amides is 1. The zero-order valence-electron chi connectivity index (χ0n) is 11.5. The molecule has 0 saturated carbocycles. The first kappa shape index (κ1) is 12.9. The summed E-state index contributed by atoms with van der Waals surface area (Å²) in [5.41, 5.74) is 1.65. The third kappa shape index (κ3) is 2.14. The topological polar surface area (TPSA) is 70.2 Å². The molecule has 5 nitrogen and oxygen atoms in total. The summed E-state index contributed by atoms with van der Waals surface area (Å²) in [6.45, 7) is 1.36. The highest BCUT2D eigenvalue weighted by atomic mass is 32.2. The van der Waals surface area contributed by atoms with Crippen LogP contribution < -0.4 is 0 Å². The summed E-state index contributed by atoms with van der Waals surface area (Å²) < 4.78 is 22.4. The molecule has 2 aliphatic rings. The summed E-state index contributed by atoms with van der Waals surface area (Å²) in [6, 6.07) is 7.63. The molecule has 2 fully saturated rings. The summed E-state index contributed by atoms with van der Waals surface area (Å²) in [6.07, 6.45) is 1.86. The van der Waals surface area contributed by atoms with Gasteiger partial charge in [0.15, 0.2) is 9.84 Å². The average molecular weight is 304 g/mol. The van der Waals surface area contributed by atoms with Crippen LogP contribution in [-0.4, -0.2) is 48.8 Å². The number of rotatable bonds is 2. The number of fused-ring (bicyclic) bond motifs is 1. The van der Waals surface area contributed by atoms with Crippen LogP contribution in [0.15, 0.2) is 30.5 Å². The molecule has 1 aromatic carbocycles. The molecule has 1 aromatic heterocycles. The molecular weight excluding hydrogens is 288 g/mol. The third-order valence-corrected chi connectivity index (χ3v) is 6.47. The highest BCUT2D eigenvalue weighted by Crippen LogP contribution is 2.33.